The summed E-state index contributed by atoms with van der Waals surface area (Å²) in [6.07, 6.45) is 0.725. The molecule has 0 heterocycles. The van der Waals surface area contributed by atoms with Gasteiger partial charge in [-0.05, 0) is 42.7 Å². The van der Waals surface area contributed by atoms with Gasteiger partial charge >= 0.3 is 0 Å². The van der Waals surface area contributed by atoms with Gasteiger partial charge in [0, 0.05) is 26.1 Å². The van der Waals surface area contributed by atoms with Crippen molar-refractivity contribution < 1.29 is 23.1 Å². The Balaban J connectivity index is 2.02. The van der Waals surface area contributed by atoms with Crippen LogP contribution in [0.25, 0.3) is 0 Å². The Morgan fingerprint density at radius 2 is 1.86 bits per heavy atom. The molecule has 0 bridgehead atoms. The van der Waals surface area contributed by atoms with E-state index in [4.69, 9.17) is 4.74 Å². The standard InChI is InChI=1S/C22H26F2N2O3/c1-4-19(17-7-5-6-8-20(17)29-14-22(28)26(2)3)25-21(27)12-9-15-13-16(23)10-11-18(15)24/h5-8,10-11,13,19H,4,9,12,14H2,1-3H3,(H,25,27). The van der Waals surface area contributed by atoms with Gasteiger partial charge in [-0.1, -0.05) is 25.1 Å². The third-order valence-corrected chi connectivity index (χ3v) is 4.52. The van der Waals surface area contributed by atoms with Crippen molar-refractivity contribution in [2.45, 2.75) is 32.2 Å². The van der Waals surface area contributed by atoms with Gasteiger partial charge in [0.25, 0.3) is 5.91 Å². The molecular formula is C22H26F2N2O3. The molecule has 0 aliphatic carbocycles. The van der Waals surface area contributed by atoms with Crippen LogP contribution in [-0.2, 0) is 16.0 Å². The predicted molar refractivity (Wildman–Crippen MR) is 106 cm³/mol. The molecule has 2 rings (SSSR count). The molecule has 2 amide bonds. The number of likely N-dealkylation sites (N-methyl/N-ethyl adjacent to an activating group) is 1. The maximum absolute atomic E-state index is 13.7. The number of ether oxygens (including phenoxy) is 1. The Bertz CT molecular complexity index is 856. The fraction of sp³-hybridized carbons (Fsp3) is 0.364. The summed E-state index contributed by atoms with van der Waals surface area (Å²) >= 11 is 0. The molecule has 29 heavy (non-hydrogen) atoms. The lowest BCUT2D eigenvalue weighted by atomic mass is 10.0. The van der Waals surface area contributed by atoms with Crippen LogP contribution < -0.4 is 10.1 Å². The van der Waals surface area contributed by atoms with Gasteiger partial charge in [-0.25, -0.2) is 8.78 Å². The van der Waals surface area contributed by atoms with E-state index in [2.05, 4.69) is 5.32 Å². The number of para-hydroxylation sites is 1. The van der Waals surface area contributed by atoms with Crippen LogP contribution in [0, 0.1) is 11.6 Å². The van der Waals surface area contributed by atoms with Crippen LogP contribution in [0.15, 0.2) is 42.5 Å². The summed E-state index contributed by atoms with van der Waals surface area (Å²) in [6, 6.07) is 10.1. The van der Waals surface area contributed by atoms with E-state index in [0.717, 1.165) is 23.8 Å². The van der Waals surface area contributed by atoms with Crippen molar-refractivity contribution in [2.24, 2.45) is 0 Å². The maximum atomic E-state index is 13.7. The molecule has 0 aromatic heterocycles. The molecule has 0 saturated carbocycles. The summed E-state index contributed by atoms with van der Waals surface area (Å²) in [5.41, 5.74) is 0.922. The van der Waals surface area contributed by atoms with Crippen LogP contribution >= 0.6 is 0 Å². The van der Waals surface area contributed by atoms with Gasteiger partial charge < -0.3 is 15.0 Å². The van der Waals surface area contributed by atoms with E-state index in [0.29, 0.717) is 12.2 Å². The smallest absolute Gasteiger partial charge is 0.259 e. The van der Waals surface area contributed by atoms with Crippen molar-refractivity contribution >= 4 is 11.8 Å². The summed E-state index contributed by atoms with van der Waals surface area (Å²) in [4.78, 5) is 25.6. The van der Waals surface area contributed by atoms with Gasteiger partial charge in [-0.2, -0.15) is 0 Å². The highest BCUT2D eigenvalue weighted by Gasteiger charge is 2.18. The molecule has 0 aliphatic heterocycles. The Morgan fingerprint density at radius 3 is 2.55 bits per heavy atom. The van der Waals surface area contributed by atoms with E-state index in [1.54, 1.807) is 26.2 Å². The predicted octanol–water partition coefficient (Wildman–Crippen LogP) is 3.63. The first-order chi connectivity index (χ1) is 13.8. The minimum absolute atomic E-state index is 0.0268. The van der Waals surface area contributed by atoms with Crippen molar-refractivity contribution in [1.82, 2.24) is 10.2 Å². The van der Waals surface area contributed by atoms with E-state index in [1.165, 1.54) is 4.90 Å². The first-order valence-corrected chi connectivity index (χ1v) is 9.47. The lowest BCUT2D eigenvalue weighted by Crippen LogP contribution is -2.30. The molecule has 156 valence electrons. The summed E-state index contributed by atoms with van der Waals surface area (Å²) in [6.45, 7) is 1.81. The number of halogens is 2. The second-order valence-electron chi connectivity index (χ2n) is 6.88. The number of amides is 2. The summed E-state index contributed by atoms with van der Waals surface area (Å²) < 4.78 is 32.6. The molecule has 2 aromatic carbocycles. The number of aryl methyl sites for hydroxylation is 1. The largest absolute Gasteiger partial charge is 0.483 e. The second-order valence-corrected chi connectivity index (χ2v) is 6.88. The molecule has 1 N–H and O–H groups in total. The van der Waals surface area contributed by atoms with E-state index in [-0.39, 0.29) is 42.9 Å². The van der Waals surface area contributed by atoms with Crippen LogP contribution in [0.5, 0.6) is 5.75 Å². The van der Waals surface area contributed by atoms with E-state index < -0.39 is 11.6 Å². The Kier molecular flexibility index (Phi) is 8.12. The SMILES string of the molecule is CCC(NC(=O)CCc1cc(F)ccc1F)c1ccccc1OCC(=O)N(C)C. The minimum atomic E-state index is -0.536. The number of rotatable bonds is 9. The van der Waals surface area contributed by atoms with Gasteiger partial charge in [-0.15, -0.1) is 0 Å². The molecule has 0 fully saturated rings. The molecular weight excluding hydrogens is 378 g/mol. The fourth-order valence-corrected chi connectivity index (χ4v) is 2.82. The summed E-state index contributed by atoms with van der Waals surface area (Å²) in [5.74, 6) is -0.998. The molecule has 5 nitrogen and oxygen atoms in total. The van der Waals surface area contributed by atoms with Crippen LogP contribution in [0.4, 0.5) is 8.78 Å². The lowest BCUT2D eigenvalue weighted by Gasteiger charge is -2.21. The highest BCUT2D eigenvalue weighted by Crippen LogP contribution is 2.27. The zero-order valence-corrected chi connectivity index (χ0v) is 16.9. The molecule has 2 aromatic rings. The van der Waals surface area contributed by atoms with Crippen molar-refractivity contribution in [3.8, 4) is 5.75 Å². The molecule has 7 heteroatoms. The fourth-order valence-electron chi connectivity index (χ4n) is 2.82. The van der Waals surface area contributed by atoms with Gasteiger partial charge in [0.15, 0.2) is 6.61 Å². The van der Waals surface area contributed by atoms with Gasteiger partial charge in [0.2, 0.25) is 5.91 Å². The number of hydrogen-bond donors (Lipinski definition) is 1. The second kappa shape index (κ2) is 10.5. The van der Waals surface area contributed by atoms with E-state index in [9.17, 15) is 18.4 Å². The lowest BCUT2D eigenvalue weighted by molar-refractivity contribution is -0.130. The van der Waals surface area contributed by atoms with Gasteiger partial charge in [0.05, 0.1) is 6.04 Å². The first-order valence-electron chi connectivity index (χ1n) is 9.47. The average molecular weight is 404 g/mol. The van der Waals surface area contributed by atoms with Crippen LogP contribution in [0.1, 0.15) is 36.9 Å². The number of hydrogen-bond acceptors (Lipinski definition) is 3. The minimum Gasteiger partial charge on any atom is -0.483 e. The van der Waals surface area contributed by atoms with E-state index >= 15 is 0 Å². The van der Waals surface area contributed by atoms with Gasteiger partial charge in [-0.3, -0.25) is 9.59 Å². The number of nitrogens with one attached hydrogen (secondary N) is 1. The topological polar surface area (TPSA) is 58.6 Å². The molecule has 0 saturated heterocycles. The van der Waals surface area contributed by atoms with Gasteiger partial charge in [0.1, 0.15) is 17.4 Å². The number of carbonyl (C=O) groups is 2. The maximum Gasteiger partial charge on any atom is 0.259 e. The zero-order valence-electron chi connectivity index (χ0n) is 16.9. The van der Waals surface area contributed by atoms with E-state index in [1.807, 2.05) is 19.1 Å². The summed E-state index contributed by atoms with van der Waals surface area (Å²) in [7, 11) is 3.29. The number of nitrogens with zero attached hydrogens (tertiary/aromatic N) is 1. The quantitative estimate of drug-likeness (QED) is 0.694. The first kappa shape index (κ1) is 22.3. The molecule has 1 atom stereocenters. The highest BCUT2D eigenvalue weighted by molar-refractivity contribution is 5.77. The Hall–Kier alpha value is -2.96. The third-order valence-electron chi connectivity index (χ3n) is 4.52. The number of benzene rings is 2. The van der Waals surface area contributed by atoms with Crippen LogP contribution in [0.2, 0.25) is 0 Å². The molecule has 0 radical (unpaired) electrons. The highest BCUT2D eigenvalue weighted by atomic mass is 19.1. The Labute approximate surface area is 169 Å². The monoisotopic (exact) mass is 404 g/mol. The molecule has 1 unspecified atom stereocenters. The van der Waals surface area contributed by atoms with Crippen molar-refractivity contribution in [3.63, 3.8) is 0 Å². The third kappa shape index (κ3) is 6.55. The molecule has 0 spiro atoms. The summed E-state index contributed by atoms with van der Waals surface area (Å²) in [5, 5.41) is 2.91. The average Bonchev–Trinajstić information content (AvgIpc) is 2.71. The van der Waals surface area contributed by atoms with Crippen molar-refractivity contribution in [1.29, 1.82) is 0 Å². The normalized spacial score (nSPS) is 11.6. The van der Waals surface area contributed by atoms with Crippen LogP contribution in [-0.4, -0.2) is 37.4 Å². The zero-order chi connectivity index (χ0) is 21.4. The van der Waals surface area contributed by atoms with Crippen LogP contribution in [0.3, 0.4) is 0 Å². The van der Waals surface area contributed by atoms with Crippen molar-refractivity contribution in [2.75, 3.05) is 20.7 Å². The van der Waals surface area contributed by atoms with Crippen molar-refractivity contribution in [3.05, 3.63) is 65.2 Å². The Morgan fingerprint density at radius 1 is 1.14 bits per heavy atom. The molecule has 0 aliphatic rings. The number of carbonyl (C=O) groups excluding carboxylic acids is 2.